The lowest BCUT2D eigenvalue weighted by Crippen LogP contribution is -2.45. The van der Waals surface area contributed by atoms with Crippen LogP contribution >= 0.6 is 0 Å². The van der Waals surface area contributed by atoms with Crippen LogP contribution in [-0.4, -0.2) is 30.0 Å². The first-order valence-corrected chi connectivity index (χ1v) is 6.84. The molecule has 0 saturated carbocycles. The second kappa shape index (κ2) is 5.05. The van der Waals surface area contributed by atoms with Gasteiger partial charge in [-0.1, -0.05) is 18.2 Å². The van der Waals surface area contributed by atoms with E-state index in [1.54, 1.807) is 0 Å². The molecule has 1 aliphatic rings. The first-order chi connectivity index (χ1) is 9.25. The zero-order valence-electron chi connectivity index (χ0n) is 11.1. The summed E-state index contributed by atoms with van der Waals surface area (Å²) in [7, 11) is 0. The number of hydrogen-bond donors (Lipinski definition) is 3. The van der Waals surface area contributed by atoms with E-state index in [1.807, 2.05) is 31.2 Å². The molecule has 1 aromatic heterocycles. The van der Waals surface area contributed by atoms with Crippen molar-refractivity contribution in [2.75, 3.05) is 13.1 Å². The topological polar surface area (TPSA) is 56.9 Å². The average Bonchev–Trinajstić information content (AvgIpc) is 2.78. The van der Waals surface area contributed by atoms with Gasteiger partial charge in [0.05, 0.1) is 0 Å². The minimum Gasteiger partial charge on any atom is -0.350 e. The van der Waals surface area contributed by atoms with Crippen LogP contribution in [0.4, 0.5) is 0 Å². The number of hydrogen-bond acceptors (Lipinski definition) is 2. The number of aryl methyl sites for hydroxylation is 1. The lowest BCUT2D eigenvalue weighted by Gasteiger charge is -2.23. The summed E-state index contributed by atoms with van der Waals surface area (Å²) >= 11 is 0. The van der Waals surface area contributed by atoms with Gasteiger partial charge in [0.2, 0.25) is 0 Å². The molecule has 3 N–H and O–H groups in total. The van der Waals surface area contributed by atoms with Gasteiger partial charge in [-0.2, -0.15) is 0 Å². The molecule has 4 nitrogen and oxygen atoms in total. The minimum absolute atomic E-state index is 0.00222. The monoisotopic (exact) mass is 257 g/mol. The van der Waals surface area contributed by atoms with Crippen LogP contribution < -0.4 is 10.6 Å². The highest BCUT2D eigenvalue weighted by Crippen LogP contribution is 2.21. The van der Waals surface area contributed by atoms with Crippen LogP contribution in [0, 0.1) is 6.92 Å². The summed E-state index contributed by atoms with van der Waals surface area (Å²) in [4.78, 5) is 15.6. The maximum atomic E-state index is 12.3. The molecule has 1 fully saturated rings. The Balaban J connectivity index is 1.83. The smallest absolute Gasteiger partial charge is 0.268 e. The third-order valence-electron chi connectivity index (χ3n) is 3.82. The second-order valence-electron chi connectivity index (χ2n) is 5.19. The number of carbonyl (C=O) groups is 1. The SMILES string of the molecule is Cc1c(C(=O)N[C@H]2CCCNC2)[nH]c2ccccc12. The fourth-order valence-corrected chi connectivity index (χ4v) is 2.74. The largest absolute Gasteiger partial charge is 0.350 e. The molecule has 4 heteroatoms. The fraction of sp³-hybridized carbons (Fsp3) is 0.400. The van der Waals surface area contributed by atoms with Crippen LogP contribution in [0.25, 0.3) is 10.9 Å². The lowest BCUT2D eigenvalue weighted by molar-refractivity contribution is 0.0926. The standard InChI is InChI=1S/C15H19N3O/c1-10-12-6-2-3-7-13(12)18-14(10)15(19)17-11-5-4-8-16-9-11/h2-3,6-7,11,16,18H,4-5,8-9H2,1H3,(H,17,19)/t11-/m0/s1. The molecule has 1 aliphatic heterocycles. The van der Waals surface area contributed by atoms with Gasteiger partial charge in [-0.25, -0.2) is 0 Å². The van der Waals surface area contributed by atoms with E-state index in [0.29, 0.717) is 5.69 Å². The number of aromatic amines is 1. The number of H-pyrrole nitrogens is 1. The Morgan fingerprint density at radius 3 is 2.95 bits per heavy atom. The molecule has 0 radical (unpaired) electrons. The number of benzene rings is 1. The van der Waals surface area contributed by atoms with E-state index >= 15 is 0 Å². The van der Waals surface area contributed by atoms with Gasteiger partial charge in [0, 0.05) is 23.5 Å². The molecule has 19 heavy (non-hydrogen) atoms. The summed E-state index contributed by atoms with van der Waals surface area (Å²) in [5.41, 5.74) is 2.73. The van der Waals surface area contributed by atoms with Crippen LogP contribution in [0.5, 0.6) is 0 Å². The molecule has 0 unspecified atom stereocenters. The van der Waals surface area contributed by atoms with Gasteiger partial charge in [0.25, 0.3) is 5.91 Å². The maximum Gasteiger partial charge on any atom is 0.268 e. The molecule has 0 spiro atoms. The fourth-order valence-electron chi connectivity index (χ4n) is 2.74. The van der Waals surface area contributed by atoms with E-state index < -0.39 is 0 Å². The van der Waals surface area contributed by atoms with E-state index in [4.69, 9.17) is 0 Å². The number of piperidine rings is 1. The second-order valence-corrected chi connectivity index (χ2v) is 5.19. The third-order valence-corrected chi connectivity index (χ3v) is 3.82. The summed E-state index contributed by atoms with van der Waals surface area (Å²) in [5.74, 6) is 0.00222. The molecule has 1 saturated heterocycles. The third kappa shape index (κ3) is 2.36. The Labute approximate surface area is 112 Å². The number of aromatic nitrogens is 1. The summed E-state index contributed by atoms with van der Waals surface area (Å²) < 4.78 is 0. The van der Waals surface area contributed by atoms with Crippen molar-refractivity contribution in [1.29, 1.82) is 0 Å². The Bertz CT molecular complexity index is 596. The first-order valence-electron chi connectivity index (χ1n) is 6.84. The summed E-state index contributed by atoms with van der Waals surface area (Å²) in [6, 6.07) is 8.26. The predicted octanol–water partition coefficient (Wildman–Crippen LogP) is 1.96. The molecule has 2 aromatic rings. The van der Waals surface area contributed by atoms with E-state index in [0.717, 1.165) is 42.4 Å². The highest BCUT2D eigenvalue weighted by molar-refractivity contribution is 6.00. The van der Waals surface area contributed by atoms with Crippen LogP contribution in [0.3, 0.4) is 0 Å². The maximum absolute atomic E-state index is 12.3. The summed E-state index contributed by atoms with van der Waals surface area (Å²) in [5, 5.41) is 7.53. The van der Waals surface area contributed by atoms with Gasteiger partial charge in [-0.05, 0) is 37.9 Å². The number of amides is 1. The van der Waals surface area contributed by atoms with E-state index in [1.165, 1.54) is 0 Å². The van der Waals surface area contributed by atoms with Gasteiger partial charge >= 0.3 is 0 Å². The predicted molar refractivity (Wildman–Crippen MR) is 76.4 cm³/mol. The van der Waals surface area contributed by atoms with Gasteiger partial charge < -0.3 is 15.6 Å². The van der Waals surface area contributed by atoms with Crippen molar-refractivity contribution < 1.29 is 4.79 Å². The number of nitrogens with one attached hydrogen (secondary N) is 3. The van der Waals surface area contributed by atoms with Gasteiger partial charge in [-0.15, -0.1) is 0 Å². The molecule has 2 heterocycles. The van der Waals surface area contributed by atoms with Crippen LogP contribution in [0.2, 0.25) is 0 Å². The van der Waals surface area contributed by atoms with Crippen LogP contribution in [0.1, 0.15) is 28.9 Å². The Hall–Kier alpha value is -1.81. The van der Waals surface area contributed by atoms with Crippen LogP contribution in [0.15, 0.2) is 24.3 Å². The van der Waals surface area contributed by atoms with Crippen LogP contribution in [-0.2, 0) is 0 Å². The Morgan fingerprint density at radius 1 is 1.37 bits per heavy atom. The quantitative estimate of drug-likeness (QED) is 0.770. The molecular weight excluding hydrogens is 238 g/mol. The lowest BCUT2D eigenvalue weighted by atomic mass is 10.1. The van der Waals surface area contributed by atoms with Gasteiger partial charge in [0.1, 0.15) is 5.69 Å². The van der Waals surface area contributed by atoms with Gasteiger partial charge in [-0.3, -0.25) is 4.79 Å². The summed E-state index contributed by atoms with van der Waals surface area (Å²) in [6.07, 6.45) is 2.18. The number of fused-ring (bicyclic) bond motifs is 1. The highest BCUT2D eigenvalue weighted by Gasteiger charge is 2.19. The van der Waals surface area contributed by atoms with E-state index in [9.17, 15) is 4.79 Å². The molecule has 1 atom stereocenters. The normalized spacial score (nSPS) is 19.5. The molecule has 0 aliphatic carbocycles. The molecule has 0 bridgehead atoms. The minimum atomic E-state index is 0.00222. The number of para-hydroxylation sites is 1. The van der Waals surface area contributed by atoms with Crippen molar-refractivity contribution in [1.82, 2.24) is 15.6 Å². The zero-order chi connectivity index (χ0) is 13.2. The Morgan fingerprint density at radius 2 is 2.21 bits per heavy atom. The summed E-state index contributed by atoms with van der Waals surface area (Å²) in [6.45, 7) is 3.91. The van der Waals surface area contributed by atoms with Gasteiger partial charge in [0.15, 0.2) is 0 Å². The van der Waals surface area contributed by atoms with Crippen molar-refractivity contribution >= 4 is 16.8 Å². The Kier molecular flexibility index (Phi) is 3.25. The van der Waals surface area contributed by atoms with E-state index in [-0.39, 0.29) is 11.9 Å². The van der Waals surface area contributed by atoms with Crippen molar-refractivity contribution in [3.63, 3.8) is 0 Å². The molecule has 100 valence electrons. The molecule has 3 rings (SSSR count). The van der Waals surface area contributed by atoms with Crippen molar-refractivity contribution in [2.24, 2.45) is 0 Å². The molecule has 1 aromatic carbocycles. The number of carbonyl (C=O) groups excluding carboxylic acids is 1. The average molecular weight is 257 g/mol. The number of rotatable bonds is 2. The van der Waals surface area contributed by atoms with Crippen molar-refractivity contribution in [2.45, 2.75) is 25.8 Å². The van der Waals surface area contributed by atoms with Crippen molar-refractivity contribution in [3.8, 4) is 0 Å². The highest BCUT2D eigenvalue weighted by atomic mass is 16.2. The first kappa shape index (κ1) is 12.2. The zero-order valence-corrected chi connectivity index (χ0v) is 11.1. The molecule has 1 amide bonds. The molecular formula is C15H19N3O. The van der Waals surface area contributed by atoms with E-state index in [2.05, 4.69) is 15.6 Å². The van der Waals surface area contributed by atoms with Crippen molar-refractivity contribution in [3.05, 3.63) is 35.5 Å².